The topological polar surface area (TPSA) is 63.8 Å². The van der Waals surface area contributed by atoms with E-state index in [-0.39, 0.29) is 17.1 Å². The van der Waals surface area contributed by atoms with E-state index in [0.29, 0.717) is 11.5 Å². The summed E-state index contributed by atoms with van der Waals surface area (Å²) in [5, 5.41) is 2.83. The fraction of sp³-hybridized carbons (Fsp3) is 0.0833. The van der Waals surface area contributed by atoms with Crippen molar-refractivity contribution in [3.8, 4) is 0 Å². The quantitative estimate of drug-likeness (QED) is 0.839. The fourth-order valence-corrected chi connectivity index (χ4v) is 1.52. The second kappa shape index (κ2) is 5.66. The maximum Gasteiger partial charge on any atom is 0.144 e. The Hall–Kier alpha value is -2.15. The lowest BCUT2D eigenvalue weighted by Gasteiger charge is -2.07. The maximum absolute atomic E-state index is 13.4. The van der Waals surface area contributed by atoms with Crippen LogP contribution < -0.4 is 11.1 Å². The van der Waals surface area contributed by atoms with Crippen molar-refractivity contribution >= 4 is 23.0 Å². The molecule has 0 amide bonds. The molecule has 4 nitrogen and oxygen atoms in total. The van der Waals surface area contributed by atoms with Crippen molar-refractivity contribution in [2.45, 2.75) is 6.54 Å². The van der Waals surface area contributed by atoms with Crippen LogP contribution in [-0.2, 0) is 6.54 Å². The van der Waals surface area contributed by atoms with E-state index in [2.05, 4.69) is 15.3 Å². The van der Waals surface area contributed by atoms with Gasteiger partial charge >= 0.3 is 0 Å². The number of nitrogens with one attached hydrogen (secondary N) is 1. The number of hydrogen-bond acceptors (Lipinski definition) is 4. The zero-order chi connectivity index (χ0) is 13.8. The SMILES string of the molecule is NC(=S)c1cnc(NCc2cc(F)ccc2F)cn1. The number of anilines is 1. The Kier molecular flexibility index (Phi) is 3.96. The summed E-state index contributed by atoms with van der Waals surface area (Å²) in [7, 11) is 0. The predicted molar refractivity (Wildman–Crippen MR) is 71.6 cm³/mol. The summed E-state index contributed by atoms with van der Waals surface area (Å²) in [6, 6.07) is 3.27. The van der Waals surface area contributed by atoms with Crippen LogP contribution in [0.25, 0.3) is 0 Å². The molecule has 0 bridgehead atoms. The number of thiocarbonyl (C=S) groups is 1. The van der Waals surface area contributed by atoms with Crippen LogP contribution >= 0.6 is 12.2 Å². The van der Waals surface area contributed by atoms with Crippen molar-refractivity contribution in [2.24, 2.45) is 5.73 Å². The fourth-order valence-electron chi connectivity index (χ4n) is 1.41. The van der Waals surface area contributed by atoms with Gasteiger partial charge in [0.15, 0.2) is 0 Å². The number of nitrogens with zero attached hydrogens (tertiary/aromatic N) is 2. The van der Waals surface area contributed by atoms with Gasteiger partial charge in [-0.15, -0.1) is 0 Å². The molecule has 7 heteroatoms. The van der Waals surface area contributed by atoms with Gasteiger partial charge in [0.25, 0.3) is 0 Å². The standard InChI is InChI=1S/C12H10F2N4S/c13-8-1-2-9(14)7(3-8)4-17-11-6-16-10(5-18-11)12(15)19/h1-3,5-6H,4H2,(H2,15,19)(H,17,18). The van der Waals surface area contributed by atoms with Gasteiger partial charge in [0, 0.05) is 12.1 Å². The van der Waals surface area contributed by atoms with Crippen LogP contribution in [0.2, 0.25) is 0 Å². The van der Waals surface area contributed by atoms with E-state index in [0.717, 1.165) is 18.2 Å². The molecule has 0 aliphatic rings. The molecule has 0 aliphatic heterocycles. The molecule has 2 rings (SSSR count). The van der Waals surface area contributed by atoms with Crippen LogP contribution in [0.4, 0.5) is 14.6 Å². The van der Waals surface area contributed by atoms with Crippen molar-refractivity contribution in [1.82, 2.24) is 9.97 Å². The minimum Gasteiger partial charge on any atom is -0.388 e. The van der Waals surface area contributed by atoms with Gasteiger partial charge in [-0.2, -0.15) is 0 Å². The first-order valence-corrected chi connectivity index (χ1v) is 5.77. The van der Waals surface area contributed by atoms with E-state index in [1.54, 1.807) is 0 Å². The minimum atomic E-state index is -0.492. The first-order chi connectivity index (χ1) is 9.06. The van der Waals surface area contributed by atoms with Crippen LogP contribution in [0, 0.1) is 11.6 Å². The van der Waals surface area contributed by atoms with E-state index in [1.165, 1.54) is 12.4 Å². The summed E-state index contributed by atoms with van der Waals surface area (Å²) >= 11 is 4.74. The van der Waals surface area contributed by atoms with Gasteiger partial charge in [0.1, 0.15) is 28.1 Å². The van der Waals surface area contributed by atoms with E-state index in [4.69, 9.17) is 18.0 Å². The Morgan fingerprint density at radius 1 is 1.26 bits per heavy atom. The van der Waals surface area contributed by atoms with Crippen LogP contribution in [0.5, 0.6) is 0 Å². The molecular weight excluding hydrogens is 270 g/mol. The van der Waals surface area contributed by atoms with Crippen molar-refractivity contribution < 1.29 is 8.78 Å². The molecule has 19 heavy (non-hydrogen) atoms. The lowest BCUT2D eigenvalue weighted by Crippen LogP contribution is -2.12. The molecule has 0 aliphatic carbocycles. The van der Waals surface area contributed by atoms with Crippen LogP contribution in [-0.4, -0.2) is 15.0 Å². The molecule has 0 atom stereocenters. The molecule has 2 aromatic rings. The number of rotatable bonds is 4. The number of halogens is 2. The van der Waals surface area contributed by atoms with Crippen molar-refractivity contribution in [3.05, 3.63) is 53.5 Å². The number of nitrogens with two attached hydrogens (primary N) is 1. The number of aromatic nitrogens is 2. The molecular formula is C12H10F2N4S. The molecule has 98 valence electrons. The molecule has 0 saturated carbocycles. The summed E-state index contributed by atoms with van der Waals surface area (Å²) in [4.78, 5) is 8.13. The van der Waals surface area contributed by atoms with E-state index in [1.807, 2.05) is 0 Å². The normalized spacial score (nSPS) is 10.2. The monoisotopic (exact) mass is 280 g/mol. The lowest BCUT2D eigenvalue weighted by molar-refractivity contribution is 0.587. The van der Waals surface area contributed by atoms with Gasteiger partial charge < -0.3 is 11.1 Å². The summed E-state index contributed by atoms with van der Waals surface area (Å²) in [5.41, 5.74) is 5.99. The smallest absolute Gasteiger partial charge is 0.144 e. The Labute approximate surface area is 113 Å². The first kappa shape index (κ1) is 13.3. The summed E-state index contributed by atoms with van der Waals surface area (Å²) in [6.07, 6.45) is 2.83. The van der Waals surface area contributed by atoms with E-state index >= 15 is 0 Å². The van der Waals surface area contributed by atoms with Gasteiger partial charge in [-0.1, -0.05) is 12.2 Å². The van der Waals surface area contributed by atoms with Gasteiger partial charge in [-0.3, -0.25) is 0 Å². The number of benzene rings is 1. The van der Waals surface area contributed by atoms with E-state index in [9.17, 15) is 8.78 Å². The second-order valence-corrected chi connectivity index (χ2v) is 4.18. The molecule has 1 heterocycles. The second-order valence-electron chi connectivity index (χ2n) is 3.74. The highest BCUT2D eigenvalue weighted by atomic mass is 32.1. The zero-order valence-corrected chi connectivity index (χ0v) is 10.5. The maximum atomic E-state index is 13.4. The van der Waals surface area contributed by atoms with Crippen LogP contribution in [0.3, 0.4) is 0 Å². The van der Waals surface area contributed by atoms with Crippen molar-refractivity contribution in [3.63, 3.8) is 0 Å². The Morgan fingerprint density at radius 3 is 2.68 bits per heavy atom. The highest BCUT2D eigenvalue weighted by Gasteiger charge is 2.05. The van der Waals surface area contributed by atoms with Gasteiger partial charge in [0.05, 0.1) is 12.4 Å². The van der Waals surface area contributed by atoms with Gasteiger partial charge in [-0.25, -0.2) is 18.7 Å². The lowest BCUT2D eigenvalue weighted by atomic mass is 10.2. The third kappa shape index (κ3) is 3.41. The highest BCUT2D eigenvalue weighted by Crippen LogP contribution is 2.11. The summed E-state index contributed by atoms with van der Waals surface area (Å²) in [6.45, 7) is 0.102. The predicted octanol–water partition coefficient (Wildman–Crippen LogP) is 2.00. The molecule has 0 radical (unpaired) electrons. The van der Waals surface area contributed by atoms with Crippen molar-refractivity contribution in [2.75, 3.05) is 5.32 Å². The average molecular weight is 280 g/mol. The van der Waals surface area contributed by atoms with Gasteiger partial charge in [-0.05, 0) is 18.2 Å². The third-order valence-electron chi connectivity index (χ3n) is 2.37. The Bertz CT molecular complexity index is 601. The average Bonchev–Trinajstić information content (AvgIpc) is 2.40. The van der Waals surface area contributed by atoms with Gasteiger partial charge in [0.2, 0.25) is 0 Å². The van der Waals surface area contributed by atoms with Crippen LogP contribution in [0.1, 0.15) is 11.3 Å². The van der Waals surface area contributed by atoms with Crippen molar-refractivity contribution in [1.29, 1.82) is 0 Å². The highest BCUT2D eigenvalue weighted by molar-refractivity contribution is 7.80. The van der Waals surface area contributed by atoms with Crippen LogP contribution in [0.15, 0.2) is 30.6 Å². The molecule has 0 saturated heterocycles. The molecule has 1 aromatic heterocycles. The molecule has 3 N–H and O–H groups in total. The largest absolute Gasteiger partial charge is 0.388 e. The first-order valence-electron chi connectivity index (χ1n) is 5.36. The minimum absolute atomic E-state index is 0.102. The zero-order valence-electron chi connectivity index (χ0n) is 9.73. The Balaban J connectivity index is 2.06. The molecule has 0 unspecified atom stereocenters. The molecule has 0 fully saturated rings. The summed E-state index contributed by atoms with van der Waals surface area (Å²) < 4.78 is 26.3. The Morgan fingerprint density at radius 2 is 2.05 bits per heavy atom. The molecule has 1 aromatic carbocycles. The summed E-state index contributed by atoms with van der Waals surface area (Å²) in [5.74, 6) is -0.557. The third-order valence-corrected chi connectivity index (χ3v) is 2.58. The van der Waals surface area contributed by atoms with E-state index < -0.39 is 11.6 Å². The molecule has 0 spiro atoms. The number of hydrogen-bond donors (Lipinski definition) is 2.